The molecule has 2 heterocycles. The third kappa shape index (κ3) is 2.21. The zero-order chi connectivity index (χ0) is 10.8. The zero-order valence-corrected chi connectivity index (χ0v) is 9.38. The Balaban J connectivity index is 2.09. The number of nitrogens with zero attached hydrogens (tertiary/aromatic N) is 3. The molecule has 0 bridgehead atoms. The van der Waals surface area contributed by atoms with Gasteiger partial charge in [-0.25, -0.2) is 9.97 Å². The summed E-state index contributed by atoms with van der Waals surface area (Å²) in [6.45, 7) is 3.99. The maximum absolute atomic E-state index is 9.80. The molecule has 0 aliphatic heterocycles. The highest BCUT2D eigenvalue weighted by molar-refractivity contribution is 7.11. The van der Waals surface area contributed by atoms with Gasteiger partial charge in [0.15, 0.2) is 5.82 Å². The first-order valence-corrected chi connectivity index (χ1v) is 5.44. The lowest BCUT2D eigenvalue weighted by Gasteiger charge is -2.03. The fourth-order valence-electron chi connectivity index (χ4n) is 1.26. The second-order valence-corrected chi connectivity index (χ2v) is 4.63. The Hall–Kier alpha value is -1.27. The lowest BCUT2D eigenvalue weighted by Crippen LogP contribution is -2.03. The van der Waals surface area contributed by atoms with Gasteiger partial charge in [-0.2, -0.15) is 5.10 Å². The van der Waals surface area contributed by atoms with Gasteiger partial charge in [-0.05, 0) is 13.8 Å². The number of hydrogen-bond donors (Lipinski definition) is 2. The molecule has 6 heteroatoms. The van der Waals surface area contributed by atoms with Gasteiger partial charge in [0.05, 0.1) is 10.7 Å². The van der Waals surface area contributed by atoms with Crippen LogP contribution >= 0.6 is 11.3 Å². The van der Waals surface area contributed by atoms with E-state index in [1.807, 2.05) is 13.8 Å². The Morgan fingerprint density at radius 2 is 2.33 bits per heavy atom. The number of nitrogens with one attached hydrogen (secondary N) is 1. The SMILES string of the molecule is Cc1nc(CC(O)c2ncn[nH]2)sc1C. The molecule has 0 aliphatic rings. The van der Waals surface area contributed by atoms with Crippen molar-refractivity contribution >= 4 is 11.3 Å². The summed E-state index contributed by atoms with van der Waals surface area (Å²) in [5.74, 6) is 0.487. The van der Waals surface area contributed by atoms with Gasteiger partial charge in [-0.1, -0.05) is 0 Å². The molecule has 2 rings (SSSR count). The van der Waals surface area contributed by atoms with Crippen molar-refractivity contribution in [2.24, 2.45) is 0 Å². The van der Waals surface area contributed by atoms with Gasteiger partial charge < -0.3 is 5.11 Å². The number of aromatic amines is 1. The average Bonchev–Trinajstić information content (AvgIpc) is 2.77. The Kier molecular flexibility index (Phi) is 2.79. The molecule has 0 spiro atoms. The van der Waals surface area contributed by atoms with Crippen molar-refractivity contribution in [2.45, 2.75) is 26.4 Å². The van der Waals surface area contributed by atoms with Crippen molar-refractivity contribution in [1.29, 1.82) is 0 Å². The summed E-state index contributed by atoms with van der Waals surface area (Å²) < 4.78 is 0. The number of aliphatic hydroxyl groups is 1. The fraction of sp³-hybridized carbons (Fsp3) is 0.444. The number of aryl methyl sites for hydroxylation is 2. The van der Waals surface area contributed by atoms with Crippen LogP contribution in [0.25, 0.3) is 0 Å². The standard InChI is InChI=1S/C9H12N4OS/c1-5-6(2)15-8(12-5)3-7(14)9-10-4-11-13-9/h4,7,14H,3H2,1-2H3,(H,10,11,13). The van der Waals surface area contributed by atoms with Gasteiger partial charge >= 0.3 is 0 Å². The smallest absolute Gasteiger partial charge is 0.153 e. The highest BCUT2D eigenvalue weighted by atomic mass is 32.1. The van der Waals surface area contributed by atoms with Crippen molar-refractivity contribution in [2.75, 3.05) is 0 Å². The zero-order valence-electron chi connectivity index (χ0n) is 8.56. The topological polar surface area (TPSA) is 74.7 Å². The Bertz CT molecular complexity index is 417. The molecule has 0 saturated carbocycles. The number of thiazole rings is 1. The molecule has 80 valence electrons. The first kappa shape index (κ1) is 10.3. The summed E-state index contributed by atoms with van der Waals surface area (Å²) in [4.78, 5) is 9.45. The molecule has 0 saturated heterocycles. The van der Waals surface area contributed by atoms with Gasteiger partial charge in [-0.3, -0.25) is 5.10 Å². The van der Waals surface area contributed by atoms with Crippen molar-refractivity contribution < 1.29 is 5.11 Å². The van der Waals surface area contributed by atoms with Gasteiger partial charge in [0.2, 0.25) is 0 Å². The number of aliphatic hydroxyl groups excluding tert-OH is 1. The Morgan fingerprint density at radius 3 is 2.87 bits per heavy atom. The van der Waals surface area contributed by atoms with E-state index in [-0.39, 0.29) is 0 Å². The largest absolute Gasteiger partial charge is 0.385 e. The molecule has 2 N–H and O–H groups in total. The normalized spacial score (nSPS) is 13.0. The van der Waals surface area contributed by atoms with E-state index in [2.05, 4.69) is 20.2 Å². The molecule has 0 aromatic carbocycles. The first-order chi connectivity index (χ1) is 7.16. The van der Waals surface area contributed by atoms with Crippen LogP contribution in [-0.4, -0.2) is 25.3 Å². The molecule has 0 fully saturated rings. The maximum atomic E-state index is 9.80. The average molecular weight is 224 g/mol. The number of H-pyrrole nitrogens is 1. The first-order valence-electron chi connectivity index (χ1n) is 4.63. The van der Waals surface area contributed by atoms with Crippen LogP contribution in [0.5, 0.6) is 0 Å². The van der Waals surface area contributed by atoms with Crippen molar-refractivity contribution in [3.05, 3.63) is 27.7 Å². The number of hydrogen-bond acceptors (Lipinski definition) is 5. The molecule has 0 amide bonds. The van der Waals surface area contributed by atoms with E-state index in [1.165, 1.54) is 11.2 Å². The van der Waals surface area contributed by atoms with E-state index in [1.54, 1.807) is 11.3 Å². The summed E-state index contributed by atoms with van der Waals surface area (Å²) in [6.07, 6.45) is 1.21. The molecule has 1 unspecified atom stereocenters. The Morgan fingerprint density at radius 1 is 1.53 bits per heavy atom. The highest BCUT2D eigenvalue weighted by Crippen LogP contribution is 2.21. The summed E-state index contributed by atoms with van der Waals surface area (Å²) in [5, 5.41) is 17.1. The number of aromatic nitrogens is 4. The minimum absolute atomic E-state index is 0.481. The molecular weight excluding hydrogens is 212 g/mol. The van der Waals surface area contributed by atoms with E-state index in [4.69, 9.17) is 0 Å². The van der Waals surface area contributed by atoms with Crippen LogP contribution in [0.4, 0.5) is 0 Å². The van der Waals surface area contributed by atoms with E-state index < -0.39 is 6.10 Å². The van der Waals surface area contributed by atoms with E-state index in [0.717, 1.165) is 10.7 Å². The van der Waals surface area contributed by atoms with Gasteiger partial charge in [0.1, 0.15) is 12.4 Å². The predicted octanol–water partition coefficient (Wildman–Crippen LogP) is 1.15. The minimum Gasteiger partial charge on any atom is -0.385 e. The monoisotopic (exact) mass is 224 g/mol. The number of rotatable bonds is 3. The molecule has 15 heavy (non-hydrogen) atoms. The van der Waals surface area contributed by atoms with Crippen LogP contribution in [0, 0.1) is 13.8 Å². The van der Waals surface area contributed by atoms with Gasteiger partial charge in [0.25, 0.3) is 0 Å². The minimum atomic E-state index is -0.655. The Labute approximate surface area is 91.2 Å². The van der Waals surface area contributed by atoms with Crippen LogP contribution in [0.2, 0.25) is 0 Å². The molecule has 0 aliphatic carbocycles. The van der Waals surface area contributed by atoms with Crippen LogP contribution < -0.4 is 0 Å². The van der Waals surface area contributed by atoms with Crippen molar-refractivity contribution in [3.63, 3.8) is 0 Å². The fourth-order valence-corrected chi connectivity index (χ4v) is 2.23. The van der Waals surface area contributed by atoms with Crippen molar-refractivity contribution in [3.8, 4) is 0 Å². The van der Waals surface area contributed by atoms with E-state index >= 15 is 0 Å². The lowest BCUT2D eigenvalue weighted by molar-refractivity contribution is 0.168. The quantitative estimate of drug-likeness (QED) is 0.820. The third-order valence-corrected chi connectivity index (χ3v) is 3.29. The molecule has 5 nitrogen and oxygen atoms in total. The predicted molar refractivity (Wildman–Crippen MR) is 56.6 cm³/mol. The molecule has 1 atom stereocenters. The van der Waals surface area contributed by atoms with Crippen LogP contribution in [0.3, 0.4) is 0 Å². The summed E-state index contributed by atoms with van der Waals surface area (Å²) in [5.41, 5.74) is 1.03. The summed E-state index contributed by atoms with van der Waals surface area (Å²) >= 11 is 1.61. The van der Waals surface area contributed by atoms with E-state index in [0.29, 0.717) is 12.2 Å². The highest BCUT2D eigenvalue weighted by Gasteiger charge is 2.14. The van der Waals surface area contributed by atoms with Gasteiger partial charge in [-0.15, -0.1) is 11.3 Å². The summed E-state index contributed by atoms with van der Waals surface area (Å²) in [7, 11) is 0. The molecule has 2 aromatic heterocycles. The van der Waals surface area contributed by atoms with Crippen LogP contribution in [0.15, 0.2) is 6.33 Å². The second kappa shape index (κ2) is 4.08. The lowest BCUT2D eigenvalue weighted by atomic mass is 10.2. The maximum Gasteiger partial charge on any atom is 0.153 e. The summed E-state index contributed by atoms with van der Waals surface area (Å²) in [6, 6.07) is 0. The third-order valence-electron chi connectivity index (χ3n) is 2.19. The van der Waals surface area contributed by atoms with Crippen molar-refractivity contribution in [1.82, 2.24) is 20.2 Å². The molecule has 2 aromatic rings. The molecular formula is C9H12N4OS. The van der Waals surface area contributed by atoms with E-state index in [9.17, 15) is 5.11 Å². The second-order valence-electron chi connectivity index (χ2n) is 3.34. The van der Waals surface area contributed by atoms with Crippen LogP contribution in [0.1, 0.15) is 27.5 Å². The molecule has 0 radical (unpaired) electrons. The van der Waals surface area contributed by atoms with Gasteiger partial charge in [0, 0.05) is 11.3 Å². The van der Waals surface area contributed by atoms with Crippen LogP contribution in [-0.2, 0) is 6.42 Å².